The predicted octanol–water partition coefficient (Wildman–Crippen LogP) is 1.17. The SMILES string of the molecule is N#Cc1cc([N+](=O)[O-])c(I)cc1C(N)=O. The number of carbonyl (C=O) groups excluding carboxylic acids is 1. The van der Waals surface area contributed by atoms with Crippen LogP contribution in [-0.2, 0) is 0 Å². The summed E-state index contributed by atoms with van der Waals surface area (Å²) < 4.78 is 0.269. The Hall–Kier alpha value is -1.69. The van der Waals surface area contributed by atoms with Gasteiger partial charge in [0.15, 0.2) is 0 Å². The number of carbonyl (C=O) groups is 1. The third kappa shape index (κ3) is 2.21. The van der Waals surface area contributed by atoms with E-state index in [1.807, 2.05) is 0 Å². The highest BCUT2D eigenvalue weighted by Crippen LogP contribution is 2.24. The first-order valence-corrected chi connectivity index (χ1v) is 4.73. The van der Waals surface area contributed by atoms with Crippen molar-refractivity contribution in [2.75, 3.05) is 0 Å². The van der Waals surface area contributed by atoms with Crippen molar-refractivity contribution in [3.05, 3.63) is 36.9 Å². The lowest BCUT2D eigenvalue weighted by atomic mass is 10.1. The van der Waals surface area contributed by atoms with E-state index in [4.69, 9.17) is 11.0 Å². The molecule has 0 saturated carbocycles. The molecule has 0 unspecified atom stereocenters. The summed E-state index contributed by atoms with van der Waals surface area (Å²) >= 11 is 1.71. The summed E-state index contributed by atoms with van der Waals surface area (Å²) in [5.74, 6) is -0.778. The van der Waals surface area contributed by atoms with E-state index < -0.39 is 10.8 Å². The van der Waals surface area contributed by atoms with Crippen molar-refractivity contribution in [1.29, 1.82) is 5.26 Å². The number of nitrogens with two attached hydrogens (primary N) is 1. The zero-order valence-corrected chi connectivity index (χ0v) is 9.39. The molecule has 1 amide bonds. The Bertz CT molecular complexity index is 493. The quantitative estimate of drug-likeness (QED) is 0.501. The molecule has 0 atom stereocenters. The number of benzene rings is 1. The van der Waals surface area contributed by atoms with Crippen molar-refractivity contribution >= 4 is 34.2 Å². The largest absolute Gasteiger partial charge is 0.366 e. The van der Waals surface area contributed by atoms with Crippen LogP contribution in [0.3, 0.4) is 0 Å². The van der Waals surface area contributed by atoms with Crippen LogP contribution in [0.2, 0.25) is 0 Å². The second kappa shape index (κ2) is 4.22. The average molecular weight is 317 g/mol. The first-order chi connectivity index (χ1) is 6.97. The molecule has 0 heterocycles. The number of halogens is 1. The van der Waals surface area contributed by atoms with E-state index >= 15 is 0 Å². The molecule has 0 aromatic heterocycles. The van der Waals surface area contributed by atoms with Crippen LogP contribution in [0.25, 0.3) is 0 Å². The van der Waals surface area contributed by atoms with Crippen LogP contribution in [0.15, 0.2) is 12.1 Å². The van der Waals surface area contributed by atoms with Gasteiger partial charge in [0.05, 0.1) is 19.6 Å². The molecule has 0 bridgehead atoms. The minimum absolute atomic E-state index is 0.00694. The highest BCUT2D eigenvalue weighted by atomic mass is 127. The molecule has 0 fully saturated rings. The van der Waals surface area contributed by atoms with Gasteiger partial charge < -0.3 is 5.73 Å². The molecule has 15 heavy (non-hydrogen) atoms. The van der Waals surface area contributed by atoms with Crippen molar-refractivity contribution in [3.63, 3.8) is 0 Å². The van der Waals surface area contributed by atoms with Gasteiger partial charge in [-0.2, -0.15) is 5.26 Å². The van der Waals surface area contributed by atoms with Gasteiger partial charge in [-0.15, -0.1) is 0 Å². The maximum absolute atomic E-state index is 10.9. The summed E-state index contributed by atoms with van der Waals surface area (Å²) in [4.78, 5) is 20.8. The summed E-state index contributed by atoms with van der Waals surface area (Å²) in [6.07, 6.45) is 0. The van der Waals surface area contributed by atoms with Gasteiger partial charge in [-0.1, -0.05) is 0 Å². The Morgan fingerprint density at radius 1 is 1.60 bits per heavy atom. The number of amides is 1. The molecule has 0 aliphatic heterocycles. The lowest BCUT2D eigenvalue weighted by Crippen LogP contribution is -2.13. The van der Waals surface area contributed by atoms with E-state index in [9.17, 15) is 14.9 Å². The molecular weight excluding hydrogens is 313 g/mol. The van der Waals surface area contributed by atoms with Crippen LogP contribution < -0.4 is 5.73 Å². The number of nitrogens with zero attached hydrogens (tertiary/aromatic N) is 2. The van der Waals surface area contributed by atoms with Crippen molar-refractivity contribution in [2.24, 2.45) is 5.73 Å². The van der Waals surface area contributed by atoms with E-state index in [1.54, 1.807) is 28.7 Å². The minimum atomic E-state index is -0.778. The molecule has 1 rings (SSSR count). The van der Waals surface area contributed by atoms with E-state index in [-0.39, 0.29) is 20.4 Å². The number of hydrogen-bond acceptors (Lipinski definition) is 4. The standard InChI is InChI=1S/C8H4IN3O3/c9-6-2-5(8(11)13)4(3-10)1-7(6)12(14)15/h1-2H,(H2,11,13). The van der Waals surface area contributed by atoms with E-state index in [2.05, 4.69) is 0 Å². The fourth-order valence-electron chi connectivity index (χ4n) is 0.998. The summed E-state index contributed by atoms with van der Waals surface area (Å²) in [6, 6.07) is 3.97. The second-order valence-corrected chi connectivity index (χ2v) is 3.74. The Balaban J connectivity index is 3.51. The van der Waals surface area contributed by atoms with Gasteiger partial charge >= 0.3 is 0 Å². The van der Waals surface area contributed by atoms with Gasteiger partial charge in [-0.3, -0.25) is 14.9 Å². The van der Waals surface area contributed by atoms with Gasteiger partial charge in [0, 0.05) is 6.07 Å². The van der Waals surface area contributed by atoms with Crippen LogP contribution in [0, 0.1) is 25.0 Å². The minimum Gasteiger partial charge on any atom is -0.366 e. The van der Waals surface area contributed by atoms with Gasteiger partial charge in [-0.05, 0) is 28.7 Å². The fraction of sp³-hybridized carbons (Fsp3) is 0. The van der Waals surface area contributed by atoms with E-state index in [0.29, 0.717) is 0 Å². The van der Waals surface area contributed by atoms with Crippen LogP contribution in [0.1, 0.15) is 15.9 Å². The Kier molecular flexibility index (Phi) is 3.21. The number of nitriles is 1. The molecule has 0 saturated heterocycles. The highest BCUT2D eigenvalue weighted by molar-refractivity contribution is 14.1. The van der Waals surface area contributed by atoms with Crippen LogP contribution in [0.5, 0.6) is 0 Å². The lowest BCUT2D eigenvalue weighted by Gasteiger charge is -2.01. The summed E-state index contributed by atoms with van der Waals surface area (Å²) in [7, 11) is 0. The fourth-order valence-corrected chi connectivity index (χ4v) is 1.66. The maximum Gasteiger partial charge on any atom is 0.284 e. The number of rotatable bonds is 2. The monoisotopic (exact) mass is 317 g/mol. The third-order valence-electron chi connectivity index (χ3n) is 1.67. The zero-order valence-electron chi connectivity index (χ0n) is 7.23. The molecule has 0 aliphatic rings. The second-order valence-electron chi connectivity index (χ2n) is 2.58. The first-order valence-electron chi connectivity index (χ1n) is 3.65. The van der Waals surface area contributed by atoms with Crippen LogP contribution in [0.4, 0.5) is 5.69 Å². The normalized spacial score (nSPS) is 9.33. The number of primary amides is 1. The van der Waals surface area contributed by atoms with Crippen LogP contribution in [-0.4, -0.2) is 10.8 Å². The average Bonchev–Trinajstić information content (AvgIpc) is 2.16. The molecule has 0 spiro atoms. The smallest absolute Gasteiger partial charge is 0.284 e. The topological polar surface area (TPSA) is 110 Å². The number of hydrogen-bond donors (Lipinski definition) is 1. The number of nitro groups is 1. The Labute approximate surface area is 98.0 Å². The molecule has 2 N–H and O–H groups in total. The van der Waals surface area contributed by atoms with Crippen molar-refractivity contribution < 1.29 is 9.72 Å². The van der Waals surface area contributed by atoms with Gasteiger partial charge in [0.1, 0.15) is 6.07 Å². The lowest BCUT2D eigenvalue weighted by molar-refractivity contribution is -0.385. The van der Waals surface area contributed by atoms with Crippen molar-refractivity contribution in [2.45, 2.75) is 0 Å². The van der Waals surface area contributed by atoms with E-state index in [0.717, 1.165) is 6.07 Å². The Morgan fingerprint density at radius 3 is 2.60 bits per heavy atom. The molecule has 1 aromatic carbocycles. The van der Waals surface area contributed by atoms with Gasteiger partial charge in [0.2, 0.25) is 5.91 Å². The maximum atomic E-state index is 10.9. The molecular formula is C8H4IN3O3. The molecule has 1 aromatic rings. The summed E-state index contributed by atoms with van der Waals surface area (Å²) in [6.45, 7) is 0. The highest BCUT2D eigenvalue weighted by Gasteiger charge is 2.18. The summed E-state index contributed by atoms with van der Waals surface area (Å²) in [5.41, 5.74) is 4.72. The summed E-state index contributed by atoms with van der Waals surface area (Å²) in [5, 5.41) is 19.2. The number of nitro benzene ring substituents is 1. The van der Waals surface area contributed by atoms with E-state index in [1.165, 1.54) is 6.07 Å². The zero-order chi connectivity index (χ0) is 11.6. The molecule has 0 aliphatic carbocycles. The third-order valence-corrected chi connectivity index (χ3v) is 2.53. The van der Waals surface area contributed by atoms with Crippen molar-refractivity contribution in [3.8, 4) is 6.07 Å². The Morgan fingerprint density at radius 2 is 2.20 bits per heavy atom. The molecule has 7 heteroatoms. The van der Waals surface area contributed by atoms with Gasteiger partial charge in [-0.25, -0.2) is 0 Å². The molecule has 6 nitrogen and oxygen atoms in total. The predicted molar refractivity (Wildman–Crippen MR) is 59.0 cm³/mol. The first kappa shape index (κ1) is 11.4. The van der Waals surface area contributed by atoms with Crippen LogP contribution >= 0.6 is 22.6 Å². The molecule has 0 radical (unpaired) electrons. The molecule has 76 valence electrons. The van der Waals surface area contributed by atoms with Gasteiger partial charge in [0.25, 0.3) is 5.69 Å². The van der Waals surface area contributed by atoms with Crippen molar-refractivity contribution in [1.82, 2.24) is 0 Å².